The Kier molecular flexibility index (Phi) is 1.93. The molecule has 1 saturated carbocycles. The lowest BCUT2D eigenvalue weighted by molar-refractivity contribution is -0.185. The first-order valence-corrected chi connectivity index (χ1v) is 5.53. The second-order valence-electron chi connectivity index (χ2n) is 4.86. The third-order valence-corrected chi connectivity index (χ3v) is 4.02. The quantitative estimate of drug-likeness (QED) is 0.434. The predicted molar refractivity (Wildman–Crippen MR) is 50.1 cm³/mol. The second kappa shape index (κ2) is 3.15. The van der Waals surface area contributed by atoms with Gasteiger partial charge in [-0.05, 0) is 19.3 Å². The van der Waals surface area contributed by atoms with Crippen LogP contribution in [0, 0.1) is 17.3 Å². The Labute approximate surface area is 96.2 Å². The first-order chi connectivity index (χ1) is 8.03. The highest BCUT2D eigenvalue weighted by Crippen LogP contribution is 2.52. The first kappa shape index (κ1) is 10.4. The van der Waals surface area contributed by atoms with Gasteiger partial charge >= 0.3 is 23.9 Å². The van der Waals surface area contributed by atoms with E-state index in [2.05, 4.69) is 9.47 Å². The first-order valence-electron chi connectivity index (χ1n) is 5.53. The van der Waals surface area contributed by atoms with Gasteiger partial charge in [-0.25, -0.2) is 0 Å². The summed E-state index contributed by atoms with van der Waals surface area (Å²) in [5.41, 5.74) is -1.08. The molecule has 2 bridgehead atoms. The van der Waals surface area contributed by atoms with Gasteiger partial charge in [0, 0.05) is 0 Å². The lowest BCUT2D eigenvalue weighted by atomic mass is 9.61. The summed E-state index contributed by atoms with van der Waals surface area (Å²) >= 11 is 0. The van der Waals surface area contributed by atoms with Crippen molar-refractivity contribution < 1.29 is 28.7 Å². The average molecular weight is 238 g/mol. The van der Waals surface area contributed by atoms with Crippen molar-refractivity contribution in [3.05, 3.63) is 0 Å². The number of hydrogen-bond donors (Lipinski definition) is 0. The highest BCUT2D eigenvalue weighted by atomic mass is 16.6. The fraction of sp³-hybridized carbons (Fsp3) is 0.636. The third kappa shape index (κ3) is 1.26. The van der Waals surface area contributed by atoms with Crippen LogP contribution in [0.15, 0.2) is 0 Å². The minimum atomic E-state index is -1.08. The van der Waals surface area contributed by atoms with Crippen molar-refractivity contribution in [2.24, 2.45) is 17.3 Å². The van der Waals surface area contributed by atoms with Crippen molar-refractivity contribution in [2.45, 2.75) is 25.7 Å². The Balaban J connectivity index is 1.98. The van der Waals surface area contributed by atoms with Gasteiger partial charge in [-0.2, -0.15) is 0 Å². The number of cyclic esters (lactones) is 4. The molecule has 2 saturated heterocycles. The molecule has 17 heavy (non-hydrogen) atoms. The van der Waals surface area contributed by atoms with E-state index in [1.54, 1.807) is 0 Å². The maximum absolute atomic E-state index is 11.8. The Hall–Kier alpha value is -1.72. The molecule has 3 atom stereocenters. The largest absolute Gasteiger partial charge is 0.393 e. The van der Waals surface area contributed by atoms with Crippen molar-refractivity contribution in [2.75, 3.05) is 0 Å². The van der Waals surface area contributed by atoms with Gasteiger partial charge in [-0.3, -0.25) is 19.2 Å². The minimum absolute atomic E-state index is 0.0769. The zero-order valence-corrected chi connectivity index (χ0v) is 8.93. The van der Waals surface area contributed by atoms with Gasteiger partial charge in [-0.1, -0.05) is 0 Å². The van der Waals surface area contributed by atoms with E-state index in [0.717, 1.165) is 0 Å². The minimum Gasteiger partial charge on any atom is -0.393 e. The number of hydrogen-bond acceptors (Lipinski definition) is 6. The van der Waals surface area contributed by atoms with E-state index in [0.29, 0.717) is 19.3 Å². The molecule has 0 N–H and O–H groups in total. The van der Waals surface area contributed by atoms with Crippen molar-refractivity contribution >= 4 is 23.9 Å². The maximum atomic E-state index is 11.8. The third-order valence-electron chi connectivity index (χ3n) is 4.02. The van der Waals surface area contributed by atoms with E-state index in [1.807, 2.05) is 0 Å². The number of fused-ring (bicyclic) bond motifs is 3. The van der Waals surface area contributed by atoms with E-state index in [4.69, 9.17) is 0 Å². The fourth-order valence-corrected chi connectivity index (χ4v) is 3.05. The Morgan fingerprint density at radius 1 is 1.06 bits per heavy atom. The molecule has 0 amide bonds. The molecular formula is C11H10O6. The molecule has 3 aliphatic rings. The zero-order chi connectivity index (χ0) is 12.2. The van der Waals surface area contributed by atoms with Crippen LogP contribution < -0.4 is 0 Å². The number of carbonyl (C=O) groups is 4. The fourth-order valence-electron chi connectivity index (χ4n) is 3.05. The standard InChI is InChI=1S/C11H10O6/c12-7-4-11(10(15)16-7)2-1-5-3-6(11)9(14)17-8(5)13/h5-6H,1-4H2. The molecule has 1 aliphatic carbocycles. The van der Waals surface area contributed by atoms with Gasteiger partial charge < -0.3 is 9.47 Å². The Morgan fingerprint density at radius 3 is 2.47 bits per heavy atom. The molecule has 0 aromatic heterocycles. The van der Waals surface area contributed by atoms with Crippen LogP contribution in [0.4, 0.5) is 0 Å². The smallest absolute Gasteiger partial charge is 0.321 e. The molecule has 0 aromatic rings. The molecule has 0 radical (unpaired) electrons. The molecule has 2 heterocycles. The Morgan fingerprint density at radius 2 is 1.82 bits per heavy atom. The summed E-state index contributed by atoms with van der Waals surface area (Å²) in [6, 6.07) is 0. The molecule has 3 unspecified atom stereocenters. The van der Waals surface area contributed by atoms with Gasteiger partial charge in [0.05, 0.1) is 23.7 Å². The molecule has 0 aromatic carbocycles. The number of rotatable bonds is 0. The van der Waals surface area contributed by atoms with E-state index in [-0.39, 0.29) is 12.3 Å². The molecule has 2 aliphatic heterocycles. The van der Waals surface area contributed by atoms with Gasteiger partial charge in [0.2, 0.25) is 0 Å². The highest BCUT2D eigenvalue weighted by molar-refractivity contribution is 6.02. The van der Waals surface area contributed by atoms with E-state index < -0.39 is 35.2 Å². The normalized spacial score (nSPS) is 40.5. The van der Waals surface area contributed by atoms with Crippen molar-refractivity contribution in [1.82, 2.24) is 0 Å². The predicted octanol–water partition coefficient (Wildman–Crippen LogP) is -0.0540. The van der Waals surface area contributed by atoms with Gasteiger partial charge in [0.15, 0.2) is 0 Å². The van der Waals surface area contributed by atoms with Gasteiger partial charge in [0.25, 0.3) is 0 Å². The van der Waals surface area contributed by atoms with Crippen LogP contribution in [0.25, 0.3) is 0 Å². The summed E-state index contributed by atoms with van der Waals surface area (Å²) in [6.07, 6.45) is 1.02. The lowest BCUT2D eigenvalue weighted by Gasteiger charge is -2.41. The number of carbonyl (C=O) groups excluding carboxylic acids is 4. The summed E-state index contributed by atoms with van der Waals surface area (Å²) in [4.78, 5) is 46.0. The molecule has 3 fully saturated rings. The van der Waals surface area contributed by atoms with Crippen molar-refractivity contribution in [3.63, 3.8) is 0 Å². The summed E-state index contributed by atoms with van der Waals surface area (Å²) < 4.78 is 9.18. The van der Waals surface area contributed by atoms with Crippen LogP contribution in [0.3, 0.4) is 0 Å². The molecule has 6 nitrogen and oxygen atoms in total. The summed E-state index contributed by atoms with van der Waals surface area (Å²) in [7, 11) is 0. The van der Waals surface area contributed by atoms with Gasteiger partial charge in [0.1, 0.15) is 0 Å². The SMILES string of the molecule is O=C1CC2(CCC3CC2C(=O)OC3=O)C(=O)O1. The molecule has 90 valence electrons. The maximum Gasteiger partial charge on any atom is 0.321 e. The van der Waals surface area contributed by atoms with Crippen LogP contribution in [-0.4, -0.2) is 23.9 Å². The van der Waals surface area contributed by atoms with Crippen LogP contribution in [-0.2, 0) is 28.7 Å². The number of esters is 4. The summed E-state index contributed by atoms with van der Waals surface area (Å²) in [5.74, 6) is -3.49. The van der Waals surface area contributed by atoms with Crippen LogP contribution in [0.1, 0.15) is 25.7 Å². The van der Waals surface area contributed by atoms with E-state index >= 15 is 0 Å². The van der Waals surface area contributed by atoms with Crippen LogP contribution in [0.2, 0.25) is 0 Å². The summed E-state index contributed by atoms with van der Waals surface area (Å²) in [5, 5.41) is 0. The lowest BCUT2D eigenvalue weighted by Crippen LogP contribution is -2.50. The van der Waals surface area contributed by atoms with Crippen LogP contribution in [0.5, 0.6) is 0 Å². The molecule has 6 heteroatoms. The Bertz CT molecular complexity index is 453. The topological polar surface area (TPSA) is 86.7 Å². The van der Waals surface area contributed by atoms with E-state index in [9.17, 15) is 19.2 Å². The van der Waals surface area contributed by atoms with Gasteiger partial charge in [-0.15, -0.1) is 0 Å². The molecular weight excluding hydrogens is 228 g/mol. The second-order valence-corrected chi connectivity index (χ2v) is 4.86. The van der Waals surface area contributed by atoms with Crippen molar-refractivity contribution in [3.8, 4) is 0 Å². The zero-order valence-electron chi connectivity index (χ0n) is 8.93. The van der Waals surface area contributed by atoms with Crippen molar-refractivity contribution in [1.29, 1.82) is 0 Å². The monoisotopic (exact) mass is 238 g/mol. The average Bonchev–Trinajstić information content (AvgIpc) is 2.53. The van der Waals surface area contributed by atoms with E-state index in [1.165, 1.54) is 0 Å². The number of ether oxygens (including phenoxy) is 2. The van der Waals surface area contributed by atoms with Crippen LogP contribution >= 0.6 is 0 Å². The molecule has 1 spiro atoms. The summed E-state index contributed by atoms with van der Waals surface area (Å²) in [6.45, 7) is 0. The highest BCUT2D eigenvalue weighted by Gasteiger charge is 2.62. The molecule has 3 rings (SSSR count).